The van der Waals surface area contributed by atoms with Crippen molar-refractivity contribution in [3.8, 4) is 5.75 Å². The summed E-state index contributed by atoms with van der Waals surface area (Å²) in [7, 11) is 1.57. The maximum absolute atomic E-state index is 13.0. The van der Waals surface area contributed by atoms with Crippen LogP contribution in [0, 0.1) is 5.82 Å². The highest BCUT2D eigenvalue weighted by Gasteiger charge is 2.34. The third-order valence-electron chi connectivity index (χ3n) is 4.27. The Morgan fingerprint density at radius 1 is 1.04 bits per heavy atom. The van der Waals surface area contributed by atoms with Gasteiger partial charge < -0.3 is 20.3 Å². The van der Waals surface area contributed by atoms with Crippen molar-refractivity contribution < 1.29 is 18.7 Å². The highest BCUT2D eigenvalue weighted by molar-refractivity contribution is 5.99. The van der Waals surface area contributed by atoms with Crippen LogP contribution in [0.25, 0.3) is 0 Å². The van der Waals surface area contributed by atoms with E-state index in [4.69, 9.17) is 4.74 Å². The molecule has 3 rings (SSSR count). The zero-order valence-corrected chi connectivity index (χ0v) is 14.4. The maximum atomic E-state index is 13.0. The number of amides is 3. The van der Waals surface area contributed by atoms with Crippen LogP contribution in [0.2, 0.25) is 0 Å². The first-order chi connectivity index (χ1) is 12.6. The van der Waals surface area contributed by atoms with Crippen molar-refractivity contribution in [2.75, 3.05) is 24.3 Å². The van der Waals surface area contributed by atoms with E-state index < -0.39 is 6.04 Å². The van der Waals surface area contributed by atoms with E-state index in [0.29, 0.717) is 30.1 Å². The molecular formula is C19H20FN3O3. The van der Waals surface area contributed by atoms with Crippen molar-refractivity contribution in [3.05, 3.63) is 54.3 Å². The van der Waals surface area contributed by atoms with Crippen LogP contribution in [0.3, 0.4) is 0 Å². The van der Waals surface area contributed by atoms with Crippen LogP contribution < -0.4 is 15.4 Å². The molecule has 0 aliphatic carbocycles. The normalized spacial score (nSPS) is 16.2. The number of carbonyl (C=O) groups is 2. The van der Waals surface area contributed by atoms with Gasteiger partial charge in [0.25, 0.3) is 0 Å². The van der Waals surface area contributed by atoms with Gasteiger partial charge in [-0.2, -0.15) is 0 Å². The van der Waals surface area contributed by atoms with Crippen molar-refractivity contribution >= 4 is 23.3 Å². The molecule has 3 amide bonds. The number of methoxy groups -OCH3 is 1. The summed E-state index contributed by atoms with van der Waals surface area (Å²) in [6.45, 7) is 0.494. The Morgan fingerprint density at radius 3 is 2.31 bits per heavy atom. The number of carbonyl (C=O) groups excluding carboxylic acids is 2. The number of benzene rings is 2. The molecule has 2 N–H and O–H groups in total. The highest BCUT2D eigenvalue weighted by atomic mass is 19.1. The zero-order valence-electron chi connectivity index (χ0n) is 14.4. The Balaban J connectivity index is 1.63. The molecule has 6 nitrogen and oxygen atoms in total. The summed E-state index contributed by atoms with van der Waals surface area (Å²) in [4.78, 5) is 26.5. The van der Waals surface area contributed by atoms with Crippen LogP contribution in [0.5, 0.6) is 5.75 Å². The van der Waals surface area contributed by atoms with E-state index in [1.54, 1.807) is 31.4 Å². The molecule has 26 heavy (non-hydrogen) atoms. The summed E-state index contributed by atoms with van der Waals surface area (Å²) < 4.78 is 18.1. The molecule has 7 heteroatoms. The fraction of sp³-hybridized carbons (Fsp3) is 0.263. The van der Waals surface area contributed by atoms with Gasteiger partial charge in [-0.05, 0) is 61.4 Å². The summed E-state index contributed by atoms with van der Waals surface area (Å²) in [6, 6.07) is 11.6. The lowest BCUT2D eigenvalue weighted by Gasteiger charge is -2.24. The number of hydrogen-bond donors (Lipinski definition) is 2. The number of likely N-dealkylation sites (tertiary alicyclic amines) is 1. The van der Waals surface area contributed by atoms with Crippen molar-refractivity contribution in [3.63, 3.8) is 0 Å². The molecule has 0 spiro atoms. The van der Waals surface area contributed by atoms with Gasteiger partial charge in [0, 0.05) is 17.9 Å². The molecule has 1 aliphatic rings. The molecule has 1 atom stereocenters. The van der Waals surface area contributed by atoms with Gasteiger partial charge in [0.2, 0.25) is 5.91 Å². The predicted molar refractivity (Wildman–Crippen MR) is 96.8 cm³/mol. The van der Waals surface area contributed by atoms with Gasteiger partial charge in [0.05, 0.1) is 7.11 Å². The minimum atomic E-state index is -0.544. The van der Waals surface area contributed by atoms with E-state index in [2.05, 4.69) is 10.6 Å². The number of ether oxygens (including phenoxy) is 1. The minimum absolute atomic E-state index is 0.234. The second kappa shape index (κ2) is 7.86. The van der Waals surface area contributed by atoms with Gasteiger partial charge in [0.15, 0.2) is 0 Å². The lowest BCUT2D eigenvalue weighted by molar-refractivity contribution is -0.119. The van der Waals surface area contributed by atoms with Crippen LogP contribution in [-0.4, -0.2) is 36.5 Å². The molecule has 1 heterocycles. The summed E-state index contributed by atoms with van der Waals surface area (Å²) in [5.41, 5.74) is 1.12. The van der Waals surface area contributed by atoms with Gasteiger partial charge in [0.1, 0.15) is 17.6 Å². The second-order valence-corrected chi connectivity index (χ2v) is 6.01. The van der Waals surface area contributed by atoms with Crippen molar-refractivity contribution in [2.24, 2.45) is 0 Å². The largest absolute Gasteiger partial charge is 0.497 e. The monoisotopic (exact) mass is 357 g/mol. The van der Waals surface area contributed by atoms with E-state index in [1.165, 1.54) is 29.2 Å². The molecule has 2 aromatic carbocycles. The average molecular weight is 357 g/mol. The topological polar surface area (TPSA) is 70.7 Å². The van der Waals surface area contributed by atoms with E-state index in [9.17, 15) is 14.0 Å². The quantitative estimate of drug-likeness (QED) is 0.880. The second-order valence-electron chi connectivity index (χ2n) is 6.01. The molecule has 0 saturated carbocycles. The van der Waals surface area contributed by atoms with Gasteiger partial charge in [-0.1, -0.05) is 0 Å². The van der Waals surface area contributed by atoms with Crippen molar-refractivity contribution in [1.82, 2.24) is 4.90 Å². The van der Waals surface area contributed by atoms with Crippen molar-refractivity contribution in [2.45, 2.75) is 18.9 Å². The third kappa shape index (κ3) is 4.11. The summed E-state index contributed by atoms with van der Waals surface area (Å²) in [5, 5.41) is 5.52. The molecule has 0 radical (unpaired) electrons. The Morgan fingerprint density at radius 2 is 1.65 bits per heavy atom. The zero-order chi connectivity index (χ0) is 18.5. The number of hydrogen-bond acceptors (Lipinski definition) is 3. The summed E-state index contributed by atoms with van der Waals surface area (Å²) in [6.07, 6.45) is 1.34. The number of halogens is 1. The molecule has 1 fully saturated rings. The molecular weight excluding hydrogens is 337 g/mol. The number of urea groups is 1. The fourth-order valence-electron chi connectivity index (χ4n) is 2.91. The van der Waals surface area contributed by atoms with Crippen LogP contribution >= 0.6 is 0 Å². The first kappa shape index (κ1) is 17.7. The lowest BCUT2D eigenvalue weighted by atomic mass is 10.2. The van der Waals surface area contributed by atoms with Gasteiger partial charge in [-0.3, -0.25) is 4.79 Å². The maximum Gasteiger partial charge on any atom is 0.322 e. The average Bonchev–Trinajstić information content (AvgIpc) is 3.14. The van der Waals surface area contributed by atoms with Crippen LogP contribution in [0.15, 0.2) is 48.5 Å². The fourth-order valence-corrected chi connectivity index (χ4v) is 2.91. The van der Waals surface area contributed by atoms with E-state index in [1.807, 2.05) is 0 Å². The summed E-state index contributed by atoms with van der Waals surface area (Å²) in [5.74, 6) is 0.0898. The summed E-state index contributed by atoms with van der Waals surface area (Å²) >= 11 is 0. The lowest BCUT2D eigenvalue weighted by Crippen LogP contribution is -2.45. The Bertz CT molecular complexity index is 778. The van der Waals surface area contributed by atoms with Crippen molar-refractivity contribution in [1.29, 1.82) is 0 Å². The smallest absolute Gasteiger partial charge is 0.322 e. The van der Waals surface area contributed by atoms with E-state index >= 15 is 0 Å². The minimum Gasteiger partial charge on any atom is -0.497 e. The Kier molecular flexibility index (Phi) is 5.36. The van der Waals surface area contributed by atoms with Gasteiger partial charge >= 0.3 is 6.03 Å². The SMILES string of the molecule is COc1ccc(NC(=O)[C@H]2CCCN2C(=O)Nc2ccc(F)cc2)cc1. The van der Waals surface area contributed by atoms with Crippen LogP contribution in [0.1, 0.15) is 12.8 Å². The standard InChI is InChI=1S/C19H20FN3O3/c1-26-16-10-8-14(9-11-16)21-18(24)17-3-2-12-23(17)19(25)22-15-6-4-13(20)5-7-15/h4-11,17H,2-3,12H2,1H3,(H,21,24)(H,22,25)/t17-/m1/s1. The molecule has 0 aromatic heterocycles. The van der Waals surface area contributed by atoms with E-state index in [-0.39, 0.29) is 17.8 Å². The number of nitrogens with zero attached hydrogens (tertiary/aromatic N) is 1. The van der Waals surface area contributed by atoms with Crippen LogP contribution in [-0.2, 0) is 4.79 Å². The third-order valence-corrected chi connectivity index (χ3v) is 4.27. The number of nitrogens with one attached hydrogen (secondary N) is 2. The van der Waals surface area contributed by atoms with Gasteiger partial charge in [-0.25, -0.2) is 9.18 Å². The molecule has 0 unspecified atom stereocenters. The Labute approximate surface area is 150 Å². The Hall–Kier alpha value is -3.09. The number of anilines is 2. The molecule has 0 bridgehead atoms. The highest BCUT2D eigenvalue weighted by Crippen LogP contribution is 2.22. The molecule has 136 valence electrons. The van der Waals surface area contributed by atoms with E-state index in [0.717, 1.165) is 6.42 Å². The molecule has 2 aromatic rings. The first-order valence-electron chi connectivity index (χ1n) is 8.35. The molecule has 1 aliphatic heterocycles. The van der Waals surface area contributed by atoms with Crippen LogP contribution in [0.4, 0.5) is 20.6 Å². The molecule has 1 saturated heterocycles. The van der Waals surface area contributed by atoms with Gasteiger partial charge in [-0.15, -0.1) is 0 Å². The predicted octanol–water partition coefficient (Wildman–Crippen LogP) is 3.47. The first-order valence-corrected chi connectivity index (χ1v) is 8.35. The number of rotatable bonds is 4.